The molecule has 5 nitrogen and oxygen atoms in total. The highest BCUT2D eigenvalue weighted by molar-refractivity contribution is 5.98. The Morgan fingerprint density at radius 3 is 2.80 bits per heavy atom. The molecule has 1 aromatic rings. The predicted octanol–water partition coefficient (Wildman–Crippen LogP) is 1.76. The van der Waals surface area contributed by atoms with Crippen LogP contribution in [0.15, 0.2) is 18.2 Å². The SMILES string of the molecule is NC(=O)c1cc(F)ccc1N1CCCCC1CC(=O)O. The number of nitrogens with two attached hydrogens (primary N) is 1. The van der Waals surface area contributed by atoms with E-state index in [9.17, 15) is 14.0 Å². The van der Waals surface area contributed by atoms with Crippen LogP contribution in [0.4, 0.5) is 10.1 Å². The van der Waals surface area contributed by atoms with Crippen LogP contribution in [0.25, 0.3) is 0 Å². The Hall–Kier alpha value is -2.11. The van der Waals surface area contributed by atoms with Gasteiger partial charge in [-0.05, 0) is 37.5 Å². The van der Waals surface area contributed by atoms with Gasteiger partial charge in [-0.2, -0.15) is 0 Å². The lowest BCUT2D eigenvalue weighted by Gasteiger charge is -2.37. The van der Waals surface area contributed by atoms with Gasteiger partial charge in [0.15, 0.2) is 0 Å². The third-order valence-electron chi connectivity index (χ3n) is 3.57. The minimum atomic E-state index is -0.885. The van der Waals surface area contributed by atoms with Crippen molar-refractivity contribution in [2.75, 3.05) is 11.4 Å². The van der Waals surface area contributed by atoms with Crippen LogP contribution in [0.5, 0.6) is 0 Å². The Kier molecular flexibility index (Phi) is 4.22. The average molecular weight is 280 g/mol. The number of primary amides is 1. The molecule has 1 unspecified atom stereocenters. The summed E-state index contributed by atoms with van der Waals surface area (Å²) in [4.78, 5) is 24.3. The third-order valence-corrected chi connectivity index (χ3v) is 3.57. The molecule has 1 atom stereocenters. The van der Waals surface area contributed by atoms with E-state index in [1.54, 1.807) is 0 Å². The molecule has 108 valence electrons. The molecule has 1 fully saturated rings. The van der Waals surface area contributed by atoms with E-state index in [1.807, 2.05) is 4.90 Å². The molecule has 1 aliphatic rings. The second-order valence-electron chi connectivity index (χ2n) is 4.97. The van der Waals surface area contributed by atoms with Crippen LogP contribution in [-0.2, 0) is 4.79 Å². The van der Waals surface area contributed by atoms with Gasteiger partial charge in [0.1, 0.15) is 5.82 Å². The van der Waals surface area contributed by atoms with Gasteiger partial charge in [0.05, 0.1) is 12.0 Å². The maximum atomic E-state index is 13.3. The maximum absolute atomic E-state index is 13.3. The number of benzene rings is 1. The van der Waals surface area contributed by atoms with E-state index in [-0.39, 0.29) is 18.0 Å². The standard InChI is InChI=1S/C14H17FN2O3/c15-9-4-5-12(11(7-9)14(16)20)17-6-2-1-3-10(17)8-13(18)19/h4-5,7,10H,1-3,6,8H2,(H2,16,20)(H,18,19). The van der Waals surface area contributed by atoms with Crippen LogP contribution < -0.4 is 10.6 Å². The van der Waals surface area contributed by atoms with Crippen molar-refractivity contribution in [3.63, 3.8) is 0 Å². The fourth-order valence-electron chi connectivity index (χ4n) is 2.69. The number of carbonyl (C=O) groups excluding carboxylic acids is 1. The van der Waals surface area contributed by atoms with Crippen molar-refractivity contribution < 1.29 is 19.1 Å². The molecule has 1 amide bonds. The summed E-state index contributed by atoms with van der Waals surface area (Å²) in [5.74, 6) is -2.13. The number of carboxylic acid groups (broad SMARTS) is 1. The number of aliphatic carboxylic acids is 1. The Balaban J connectivity index is 2.36. The number of carboxylic acids is 1. The average Bonchev–Trinajstić information content (AvgIpc) is 2.39. The van der Waals surface area contributed by atoms with Crippen LogP contribution in [0, 0.1) is 5.82 Å². The summed E-state index contributed by atoms with van der Waals surface area (Å²) < 4.78 is 13.3. The summed E-state index contributed by atoms with van der Waals surface area (Å²) in [7, 11) is 0. The Labute approximate surface area is 116 Å². The van der Waals surface area contributed by atoms with E-state index in [0.717, 1.165) is 25.3 Å². The Morgan fingerprint density at radius 2 is 2.15 bits per heavy atom. The monoisotopic (exact) mass is 280 g/mol. The van der Waals surface area contributed by atoms with Gasteiger partial charge in [-0.15, -0.1) is 0 Å². The third kappa shape index (κ3) is 3.07. The molecule has 0 radical (unpaired) electrons. The lowest BCUT2D eigenvalue weighted by molar-refractivity contribution is -0.137. The highest BCUT2D eigenvalue weighted by Gasteiger charge is 2.27. The molecule has 0 aliphatic carbocycles. The first-order chi connectivity index (χ1) is 9.49. The zero-order valence-electron chi connectivity index (χ0n) is 11.0. The molecule has 1 saturated heterocycles. The van der Waals surface area contributed by atoms with Crippen LogP contribution in [0.1, 0.15) is 36.0 Å². The molecule has 20 heavy (non-hydrogen) atoms. The molecule has 1 heterocycles. The van der Waals surface area contributed by atoms with E-state index < -0.39 is 17.7 Å². The van der Waals surface area contributed by atoms with Gasteiger partial charge in [0, 0.05) is 18.3 Å². The van der Waals surface area contributed by atoms with Crippen molar-refractivity contribution in [1.82, 2.24) is 0 Å². The normalized spacial score (nSPS) is 18.9. The number of rotatable bonds is 4. The van der Waals surface area contributed by atoms with Crippen molar-refractivity contribution in [2.24, 2.45) is 5.73 Å². The summed E-state index contributed by atoms with van der Waals surface area (Å²) in [6.07, 6.45) is 2.59. The summed E-state index contributed by atoms with van der Waals surface area (Å²) >= 11 is 0. The molecule has 0 saturated carbocycles. The topological polar surface area (TPSA) is 83.6 Å². The number of nitrogens with zero attached hydrogens (tertiary/aromatic N) is 1. The van der Waals surface area contributed by atoms with Gasteiger partial charge in [0.25, 0.3) is 5.91 Å². The first kappa shape index (κ1) is 14.3. The largest absolute Gasteiger partial charge is 0.481 e. The molecule has 3 N–H and O–H groups in total. The predicted molar refractivity (Wildman–Crippen MR) is 72.2 cm³/mol. The second-order valence-corrected chi connectivity index (χ2v) is 4.97. The lowest BCUT2D eigenvalue weighted by atomic mass is 9.97. The van der Waals surface area contributed by atoms with E-state index >= 15 is 0 Å². The van der Waals surface area contributed by atoms with Crippen molar-refractivity contribution in [1.29, 1.82) is 0 Å². The first-order valence-corrected chi connectivity index (χ1v) is 6.57. The molecule has 0 bridgehead atoms. The minimum Gasteiger partial charge on any atom is -0.481 e. The van der Waals surface area contributed by atoms with E-state index in [4.69, 9.17) is 10.8 Å². The van der Waals surface area contributed by atoms with Crippen molar-refractivity contribution >= 4 is 17.6 Å². The van der Waals surface area contributed by atoms with Crippen molar-refractivity contribution in [3.05, 3.63) is 29.6 Å². The number of hydrogen-bond acceptors (Lipinski definition) is 3. The number of hydrogen-bond donors (Lipinski definition) is 2. The Morgan fingerprint density at radius 1 is 1.40 bits per heavy atom. The Bertz CT molecular complexity index is 533. The number of carbonyl (C=O) groups is 2. The summed E-state index contributed by atoms with van der Waals surface area (Å²) in [6, 6.07) is 3.67. The van der Waals surface area contributed by atoms with Crippen LogP contribution in [-0.4, -0.2) is 29.6 Å². The zero-order valence-corrected chi connectivity index (χ0v) is 11.0. The minimum absolute atomic E-state index is 0.00439. The van der Waals surface area contributed by atoms with E-state index in [1.165, 1.54) is 12.1 Å². The van der Waals surface area contributed by atoms with E-state index in [2.05, 4.69) is 0 Å². The molecule has 6 heteroatoms. The van der Waals surface area contributed by atoms with Gasteiger partial charge < -0.3 is 15.7 Å². The summed E-state index contributed by atoms with van der Waals surface area (Å²) in [6.45, 7) is 0.643. The lowest BCUT2D eigenvalue weighted by Crippen LogP contribution is -2.42. The molecule has 0 spiro atoms. The fourth-order valence-corrected chi connectivity index (χ4v) is 2.69. The van der Waals surface area contributed by atoms with Gasteiger partial charge in [-0.25, -0.2) is 4.39 Å². The van der Waals surface area contributed by atoms with Crippen molar-refractivity contribution in [3.8, 4) is 0 Å². The quantitative estimate of drug-likeness (QED) is 0.880. The highest BCUT2D eigenvalue weighted by atomic mass is 19.1. The number of halogens is 1. The molecule has 0 aromatic heterocycles. The van der Waals surface area contributed by atoms with Crippen LogP contribution in [0.3, 0.4) is 0 Å². The number of anilines is 1. The van der Waals surface area contributed by atoms with Crippen molar-refractivity contribution in [2.45, 2.75) is 31.7 Å². The number of amides is 1. The van der Waals surface area contributed by atoms with Gasteiger partial charge in [-0.3, -0.25) is 9.59 Å². The molecule has 2 rings (SSSR count). The summed E-state index contributed by atoms with van der Waals surface area (Å²) in [5, 5.41) is 8.97. The molecule has 1 aliphatic heterocycles. The summed E-state index contributed by atoms with van der Waals surface area (Å²) in [5.41, 5.74) is 5.91. The smallest absolute Gasteiger partial charge is 0.305 e. The van der Waals surface area contributed by atoms with Gasteiger partial charge in [-0.1, -0.05) is 0 Å². The maximum Gasteiger partial charge on any atom is 0.305 e. The molecular weight excluding hydrogens is 263 g/mol. The van der Waals surface area contributed by atoms with Crippen LogP contribution in [0.2, 0.25) is 0 Å². The van der Waals surface area contributed by atoms with Crippen LogP contribution >= 0.6 is 0 Å². The first-order valence-electron chi connectivity index (χ1n) is 6.57. The molecular formula is C14H17FN2O3. The van der Waals surface area contributed by atoms with E-state index in [0.29, 0.717) is 12.2 Å². The second kappa shape index (κ2) is 5.90. The number of piperidine rings is 1. The molecule has 1 aromatic carbocycles. The van der Waals surface area contributed by atoms with Gasteiger partial charge in [0.2, 0.25) is 0 Å². The fraction of sp³-hybridized carbons (Fsp3) is 0.429. The highest BCUT2D eigenvalue weighted by Crippen LogP contribution is 2.29. The van der Waals surface area contributed by atoms with Gasteiger partial charge >= 0.3 is 5.97 Å². The zero-order chi connectivity index (χ0) is 14.7.